The van der Waals surface area contributed by atoms with Crippen LogP contribution in [0.2, 0.25) is 0 Å². The monoisotopic (exact) mass is 550 g/mol. The zero-order valence-corrected chi connectivity index (χ0v) is 25.4. The third kappa shape index (κ3) is 10.9. The summed E-state index contributed by atoms with van der Waals surface area (Å²) in [6, 6.07) is 0.898. The number of aromatic amines is 1. The molecule has 7 atom stereocenters. The van der Waals surface area contributed by atoms with Crippen LogP contribution in [0.4, 0.5) is 0 Å². The molecular weight excluding hydrogens is 538 g/mol. The molecule has 4 unspecified atom stereocenters. The number of ether oxygens (including phenoxy) is 1. The van der Waals surface area contributed by atoms with Gasteiger partial charge in [0.1, 0.15) is 18.3 Å². The van der Waals surface area contributed by atoms with E-state index in [-0.39, 0.29) is 88.7 Å². The van der Waals surface area contributed by atoms with Crippen molar-refractivity contribution in [2.45, 2.75) is 24.5 Å². The van der Waals surface area contributed by atoms with Crippen LogP contribution < -0.4 is 115 Å². The van der Waals surface area contributed by atoms with E-state index in [0.29, 0.717) is 4.57 Å². The van der Waals surface area contributed by atoms with E-state index in [1.165, 1.54) is 0 Å². The second-order valence-electron chi connectivity index (χ2n) is 5.39. The Kier molecular flexibility index (Phi) is 15.9. The van der Waals surface area contributed by atoms with Gasteiger partial charge in [-0.05, 0) is 0 Å². The van der Waals surface area contributed by atoms with Crippen molar-refractivity contribution in [3.05, 3.63) is 33.1 Å². The first-order valence-electron chi connectivity index (χ1n) is 7.16. The number of nitrogens with zero attached hydrogens (tertiary/aromatic N) is 1. The maximum Gasteiger partial charge on any atom is 1.00 e. The number of aromatic nitrogens is 2. The van der Waals surface area contributed by atoms with Crippen LogP contribution in [0.25, 0.3) is 0 Å². The molecule has 23 heteroatoms. The standard InChI is InChI=1S/C9H15N2O15P3.3Na/c12-5-1-2-11(9(15)10-5)8-7(14)6(13)4(24-8)3-23-28(19,20)26-29(21,22)25-27(16,17)18;;;/h1-2,4,6-8,13-14H,3H2,(H,19,20)(H,21,22)(H,10,12,15)(H2,16,17,18);;;/q;3*+1/p-3/t4-,6+,7?,8-;;;/m1.../s1. The maximum atomic E-state index is 11.7. The number of aliphatic hydroxyl groups is 2. The van der Waals surface area contributed by atoms with Crippen molar-refractivity contribution in [2.24, 2.45) is 0 Å². The summed E-state index contributed by atoms with van der Waals surface area (Å²) in [5.41, 5.74) is -1.79. The predicted octanol–water partition coefficient (Wildman–Crippen LogP) is -13.4. The number of rotatable bonds is 8. The average molecular weight is 550 g/mol. The Morgan fingerprint density at radius 1 is 1.03 bits per heavy atom. The minimum absolute atomic E-state index is 0. The summed E-state index contributed by atoms with van der Waals surface area (Å²) in [5, 5.41) is 19.8. The predicted molar refractivity (Wildman–Crippen MR) is 80.4 cm³/mol. The molecule has 0 aliphatic carbocycles. The normalized spacial score (nSPS) is 28.1. The van der Waals surface area contributed by atoms with E-state index in [1.54, 1.807) is 0 Å². The van der Waals surface area contributed by atoms with E-state index in [1.807, 2.05) is 4.98 Å². The van der Waals surface area contributed by atoms with E-state index < -0.39 is 65.9 Å². The number of H-pyrrole nitrogens is 1. The SMILES string of the molecule is O=c1ccn([C@@H]2O[C@H](COP(=O)([O-])OP(=O)([O-])OP(=O)([O-])O)[C@H](O)C2O)c(=O)[nH]1.[Na+].[Na+].[Na+]. The molecule has 17 nitrogen and oxygen atoms in total. The van der Waals surface area contributed by atoms with Gasteiger partial charge in [-0.1, -0.05) is 0 Å². The van der Waals surface area contributed by atoms with E-state index >= 15 is 0 Å². The Bertz CT molecular complexity index is 1010. The van der Waals surface area contributed by atoms with Gasteiger partial charge in [-0.3, -0.25) is 28.0 Å². The first-order chi connectivity index (χ1) is 13.1. The van der Waals surface area contributed by atoms with Crippen LogP contribution in [0.5, 0.6) is 0 Å². The quantitative estimate of drug-likeness (QED) is 0.173. The van der Waals surface area contributed by atoms with Crippen molar-refractivity contribution >= 4 is 23.5 Å². The first-order valence-corrected chi connectivity index (χ1v) is 11.6. The number of phosphoric acid groups is 3. The minimum atomic E-state index is -6.10. The molecule has 0 saturated carbocycles. The molecule has 2 rings (SSSR count). The Hall–Kier alpha value is 1.97. The van der Waals surface area contributed by atoms with Crippen molar-refractivity contribution in [1.29, 1.82) is 0 Å². The molecular formula is C9H12N2Na3O15P3. The Balaban J connectivity index is 0. The summed E-state index contributed by atoms with van der Waals surface area (Å²) in [7, 11) is -17.8. The second kappa shape index (κ2) is 14.1. The molecule has 1 fully saturated rings. The van der Waals surface area contributed by atoms with Gasteiger partial charge in [0.2, 0.25) is 0 Å². The van der Waals surface area contributed by atoms with Crippen molar-refractivity contribution in [3.63, 3.8) is 0 Å². The van der Waals surface area contributed by atoms with E-state index in [0.717, 1.165) is 12.3 Å². The largest absolute Gasteiger partial charge is 1.00 e. The molecule has 1 saturated heterocycles. The number of nitrogens with one attached hydrogen (secondary N) is 1. The fraction of sp³-hybridized carbons (Fsp3) is 0.556. The molecule has 32 heavy (non-hydrogen) atoms. The summed E-state index contributed by atoms with van der Waals surface area (Å²) in [4.78, 5) is 65.8. The third-order valence-corrected chi connectivity index (χ3v) is 6.95. The van der Waals surface area contributed by atoms with Crippen molar-refractivity contribution in [1.82, 2.24) is 9.55 Å². The van der Waals surface area contributed by atoms with Gasteiger partial charge >= 0.3 is 94.4 Å². The smallest absolute Gasteiger partial charge is 0.756 e. The molecule has 0 bridgehead atoms. The fourth-order valence-electron chi connectivity index (χ4n) is 2.18. The second-order valence-corrected chi connectivity index (χ2v) is 9.68. The van der Waals surface area contributed by atoms with Gasteiger partial charge < -0.3 is 39.0 Å². The van der Waals surface area contributed by atoms with Crippen LogP contribution in [0.15, 0.2) is 21.9 Å². The van der Waals surface area contributed by atoms with Crippen LogP contribution in [-0.2, 0) is 31.6 Å². The van der Waals surface area contributed by atoms with Gasteiger partial charge in [0.25, 0.3) is 29.0 Å². The number of aliphatic hydroxyl groups excluding tert-OH is 2. The van der Waals surface area contributed by atoms with Gasteiger partial charge in [0.15, 0.2) is 6.23 Å². The molecule has 2 heterocycles. The van der Waals surface area contributed by atoms with Crippen LogP contribution in [-0.4, -0.2) is 49.6 Å². The van der Waals surface area contributed by atoms with Gasteiger partial charge in [-0.15, -0.1) is 0 Å². The molecule has 4 N–H and O–H groups in total. The van der Waals surface area contributed by atoms with Crippen LogP contribution >= 0.6 is 23.5 Å². The van der Waals surface area contributed by atoms with Gasteiger partial charge in [-0.2, -0.15) is 0 Å². The average Bonchev–Trinajstić information content (AvgIpc) is 2.78. The molecule has 0 spiro atoms. The van der Waals surface area contributed by atoms with Crippen LogP contribution in [0, 0.1) is 0 Å². The summed E-state index contributed by atoms with van der Waals surface area (Å²) >= 11 is 0. The summed E-state index contributed by atoms with van der Waals surface area (Å²) in [6.45, 7) is -1.15. The number of hydrogen-bond donors (Lipinski definition) is 4. The van der Waals surface area contributed by atoms with Crippen molar-refractivity contribution < 1.29 is 150 Å². The molecule has 0 aromatic carbocycles. The summed E-state index contributed by atoms with van der Waals surface area (Å²) < 4.78 is 49.3. The molecule has 0 amide bonds. The molecule has 166 valence electrons. The fourth-order valence-corrected chi connectivity index (χ4v) is 5.07. The van der Waals surface area contributed by atoms with Gasteiger partial charge in [0, 0.05) is 12.3 Å². The van der Waals surface area contributed by atoms with Crippen LogP contribution in [0.1, 0.15) is 6.23 Å². The third-order valence-electron chi connectivity index (χ3n) is 3.26. The molecule has 0 radical (unpaired) electrons. The van der Waals surface area contributed by atoms with Gasteiger partial charge in [0.05, 0.1) is 6.61 Å². The van der Waals surface area contributed by atoms with E-state index in [2.05, 4.69) is 13.1 Å². The zero-order chi connectivity index (χ0) is 22.2. The van der Waals surface area contributed by atoms with Crippen LogP contribution in [0.3, 0.4) is 0 Å². The summed E-state index contributed by atoms with van der Waals surface area (Å²) in [6.07, 6.45) is -5.93. The Morgan fingerprint density at radius 2 is 1.59 bits per heavy atom. The Morgan fingerprint density at radius 3 is 2.09 bits per heavy atom. The minimum Gasteiger partial charge on any atom is -0.756 e. The molecule has 1 aliphatic rings. The molecule has 1 aromatic heterocycles. The zero-order valence-electron chi connectivity index (χ0n) is 16.7. The van der Waals surface area contributed by atoms with E-state index in [9.17, 15) is 48.2 Å². The molecule has 1 aromatic rings. The number of hydrogen-bond acceptors (Lipinski definition) is 14. The first kappa shape index (κ1) is 36.1. The van der Waals surface area contributed by atoms with Gasteiger partial charge in [-0.25, -0.2) is 13.4 Å². The van der Waals surface area contributed by atoms with Crippen molar-refractivity contribution in [3.8, 4) is 0 Å². The Labute approximate surface area is 244 Å². The topological polar surface area (TPSA) is 273 Å². The maximum absolute atomic E-state index is 11.7. The van der Waals surface area contributed by atoms with E-state index in [4.69, 9.17) is 9.63 Å². The molecule has 1 aliphatic heterocycles. The number of phosphoric ester groups is 1. The summed E-state index contributed by atoms with van der Waals surface area (Å²) in [5.74, 6) is 0. The van der Waals surface area contributed by atoms with Crippen molar-refractivity contribution in [2.75, 3.05) is 6.61 Å².